The number of pyridine rings is 1. The molecule has 1 aromatic heterocycles. The summed E-state index contributed by atoms with van der Waals surface area (Å²) < 4.78 is 0. The minimum absolute atomic E-state index is 0.749. The molecule has 0 aliphatic rings. The molecule has 0 saturated carbocycles. The van der Waals surface area contributed by atoms with Crippen LogP contribution in [0.1, 0.15) is 0 Å². The second kappa shape index (κ2) is 6.92. The number of halogens is 1. The summed E-state index contributed by atoms with van der Waals surface area (Å²) in [5, 5.41) is 0.749. The van der Waals surface area contributed by atoms with Gasteiger partial charge in [-0.3, -0.25) is 4.98 Å². The predicted octanol–water partition coefficient (Wildman–Crippen LogP) is 6.74. The number of rotatable bonds is 3. The lowest BCUT2D eigenvalue weighted by atomic mass is 9.93. The Morgan fingerprint density at radius 1 is 0.560 bits per heavy atom. The quantitative estimate of drug-likeness (QED) is 0.402. The highest BCUT2D eigenvalue weighted by Gasteiger charge is 2.08. The molecule has 120 valence electrons. The van der Waals surface area contributed by atoms with E-state index in [1.54, 1.807) is 6.20 Å². The smallest absolute Gasteiger partial charge is 0.0412 e. The van der Waals surface area contributed by atoms with Gasteiger partial charge in [0, 0.05) is 23.0 Å². The van der Waals surface area contributed by atoms with Crippen molar-refractivity contribution in [3.8, 4) is 33.4 Å². The first-order chi connectivity index (χ1) is 12.3. The minimum atomic E-state index is 0.749. The fourth-order valence-electron chi connectivity index (χ4n) is 3.04. The van der Waals surface area contributed by atoms with E-state index in [9.17, 15) is 0 Å². The standard InChI is InChI=1S/C23H16ClN/c24-21-10-4-7-18(15-21)17-6-3-8-19(14-17)22-11-1-2-12-23(22)20-9-5-13-25-16-20/h1-16H. The summed E-state index contributed by atoms with van der Waals surface area (Å²) in [4.78, 5) is 4.26. The van der Waals surface area contributed by atoms with E-state index >= 15 is 0 Å². The van der Waals surface area contributed by atoms with Gasteiger partial charge in [-0.25, -0.2) is 0 Å². The van der Waals surface area contributed by atoms with E-state index in [0.717, 1.165) is 21.7 Å². The Morgan fingerprint density at radius 3 is 1.92 bits per heavy atom. The number of aromatic nitrogens is 1. The maximum atomic E-state index is 6.15. The summed E-state index contributed by atoms with van der Waals surface area (Å²) in [5.74, 6) is 0. The van der Waals surface area contributed by atoms with Crippen LogP contribution in [-0.4, -0.2) is 4.98 Å². The van der Waals surface area contributed by atoms with E-state index in [1.807, 2.05) is 30.5 Å². The highest BCUT2D eigenvalue weighted by molar-refractivity contribution is 6.30. The lowest BCUT2D eigenvalue weighted by Gasteiger charge is -2.11. The summed E-state index contributed by atoms with van der Waals surface area (Å²) >= 11 is 6.15. The molecule has 0 unspecified atom stereocenters. The van der Waals surface area contributed by atoms with Crippen molar-refractivity contribution in [1.29, 1.82) is 0 Å². The Labute approximate surface area is 152 Å². The van der Waals surface area contributed by atoms with Crippen molar-refractivity contribution < 1.29 is 0 Å². The molecular weight excluding hydrogens is 326 g/mol. The highest BCUT2D eigenvalue weighted by Crippen LogP contribution is 2.34. The zero-order valence-corrected chi connectivity index (χ0v) is 14.3. The van der Waals surface area contributed by atoms with Crippen LogP contribution in [0.15, 0.2) is 97.3 Å². The van der Waals surface area contributed by atoms with Crippen LogP contribution in [-0.2, 0) is 0 Å². The van der Waals surface area contributed by atoms with Crippen molar-refractivity contribution in [3.05, 3.63) is 102 Å². The van der Waals surface area contributed by atoms with E-state index in [4.69, 9.17) is 11.6 Å². The van der Waals surface area contributed by atoms with Gasteiger partial charge in [-0.15, -0.1) is 0 Å². The number of hydrogen-bond acceptors (Lipinski definition) is 1. The van der Waals surface area contributed by atoms with Crippen LogP contribution in [0.25, 0.3) is 33.4 Å². The van der Waals surface area contributed by atoms with Crippen molar-refractivity contribution in [1.82, 2.24) is 4.98 Å². The average Bonchev–Trinajstić information content (AvgIpc) is 2.69. The normalized spacial score (nSPS) is 10.6. The van der Waals surface area contributed by atoms with Crippen LogP contribution in [0.4, 0.5) is 0 Å². The Morgan fingerprint density at radius 2 is 1.20 bits per heavy atom. The molecule has 0 bridgehead atoms. The number of hydrogen-bond donors (Lipinski definition) is 0. The molecular formula is C23H16ClN. The number of benzene rings is 3. The summed E-state index contributed by atoms with van der Waals surface area (Å²) in [7, 11) is 0. The van der Waals surface area contributed by atoms with E-state index in [0.29, 0.717) is 0 Å². The second-order valence-corrected chi connectivity index (χ2v) is 6.31. The minimum Gasteiger partial charge on any atom is -0.264 e. The molecule has 0 fully saturated rings. The molecule has 0 saturated heterocycles. The van der Waals surface area contributed by atoms with Gasteiger partial charge in [0.2, 0.25) is 0 Å². The Kier molecular flexibility index (Phi) is 4.32. The fourth-order valence-corrected chi connectivity index (χ4v) is 3.23. The summed E-state index contributed by atoms with van der Waals surface area (Å²) in [6.07, 6.45) is 3.70. The molecule has 1 nitrogen and oxygen atoms in total. The van der Waals surface area contributed by atoms with Crippen molar-refractivity contribution in [3.63, 3.8) is 0 Å². The first-order valence-corrected chi connectivity index (χ1v) is 8.55. The molecule has 25 heavy (non-hydrogen) atoms. The van der Waals surface area contributed by atoms with Crippen LogP contribution in [0.5, 0.6) is 0 Å². The molecule has 2 heteroatoms. The van der Waals surface area contributed by atoms with E-state index < -0.39 is 0 Å². The van der Waals surface area contributed by atoms with Crippen LogP contribution in [0.2, 0.25) is 5.02 Å². The number of nitrogens with zero attached hydrogens (tertiary/aromatic N) is 1. The average molecular weight is 342 g/mol. The first kappa shape index (κ1) is 15.6. The van der Waals surface area contributed by atoms with Gasteiger partial charge in [0.15, 0.2) is 0 Å². The monoisotopic (exact) mass is 341 g/mol. The van der Waals surface area contributed by atoms with E-state index in [-0.39, 0.29) is 0 Å². The van der Waals surface area contributed by atoms with E-state index in [1.165, 1.54) is 16.7 Å². The molecule has 0 spiro atoms. The third-order valence-electron chi connectivity index (χ3n) is 4.23. The maximum Gasteiger partial charge on any atom is 0.0412 e. The fraction of sp³-hybridized carbons (Fsp3) is 0. The van der Waals surface area contributed by atoms with Gasteiger partial charge in [0.25, 0.3) is 0 Å². The Balaban J connectivity index is 1.83. The molecule has 1 heterocycles. The largest absolute Gasteiger partial charge is 0.264 e. The van der Waals surface area contributed by atoms with Crippen LogP contribution >= 0.6 is 11.6 Å². The molecule has 0 atom stereocenters. The summed E-state index contributed by atoms with van der Waals surface area (Å²) in [5.41, 5.74) is 6.94. The molecule has 0 radical (unpaired) electrons. The van der Waals surface area contributed by atoms with Crippen molar-refractivity contribution in [2.24, 2.45) is 0 Å². The molecule has 4 aromatic rings. The van der Waals surface area contributed by atoms with Gasteiger partial charge < -0.3 is 0 Å². The van der Waals surface area contributed by atoms with Gasteiger partial charge >= 0.3 is 0 Å². The maximum absolute atomic E-state index is 6.15. The Hall–Kier alpha value is -2.90. The van der Waals surface area contributed by atoms with Gasteiger partial charge in [-0.05, 0) is 52.1 Å². The van der Waals surface area contributed by atoms with Gasteiger partial charge in [-0.1, -0.05) is 72.3 Å². The summed E-state index contributed by atoms with van der Waals surface area (Å²) in [6.45, 7) is 0. The molecule has 0 aliphatic carbocycles. The van der Waals surface area contributed by atoms with Crippen LogP contribution in [0, 0.1) is 0 Å². The molecule has 0 N–H and O–H groups in total. The molecule has 0 aliphatic heterocycles. The molecule has 0 amide bonds. The zero-order chi connectivity index (χ0) is 17.1. The topological polar surface area (TPSA) is 12.9 Å². The lowest BCUT2D eigenvalue weighted by molar-refractivity contribution is 1.33. The zero-order valence-electron chi connectivity index (χ0n) is 13.6. The molecule has 3 aromatic carbocycles. The van der Waals surface area contributed by atoms with Gasteiger partial charge in [-0.2, -0.15) is 0 Å². The van der Waals surface area contributed by atoms with E-state index in [2.05, 4.69) is 65.6 Å². The Bertz CT molecular complexity index is 1010. The van der Waals surface area contributed by atoms with Crippen molar-refractivity contribution in [2.45, 2.75) is 0 Å². The highest BCUT2D eigenvalue weighted by atomic mass is 35.5. The van der Waals surface area contributed by atoms with Crippen LogP contribution in [0.3, 0.4) is 0 Å². The van der Waals surface area contributed by atoms with Crippen molar-refractivity contribution in [2.75, 3.05) is 0 Å². The second-order valence-electron chi connectivity index (χ2n) is 5.88. The van der Waals surface area contributed by atoms with Crippen molar-refractivity contribution >= 4 is 11.6 Å². The van der Waals surface area contributed by atoms with Gasteiger partial charge in [0.05, 0.1) is 0 Å². The summed E-state index contributed by atoms with van der Waals surface area (Å²) in [6, 6.07) is 29.0. The lowest BCUT2D eigenvalue weighted by Crippen LogP contribution is -1.86. The third-order valence-corrected chi connectivity index (χ3v) is 4.47. The van der Waals surface area contributed by atoms with Gasteiger partial charge in [0.1, 0.15) is 0 Å². The molecule has 4 rings (SSSR count). The SMILES string of the molecule is Clc1cccc(-c2cccc(-c3ccccc3-c3cccnc3)c2)c1. The third kappa shape index (κ3) is 3.33. The van der Waals surface area contributed by atoms with Crippen LogP contribution < -0.4 is 0 Å². The first-order valence-electron chi connectivity index (χ1n) is 8.17. The predicted molar refractivity (Wildman–Crippen MR) is 106 cm³/mol.